The van der Waals surface area contributed by atoms with Crippen molar-refractivity contribution in [2.75, 3.05) is 6.54 Å². The van der Waals surface area contributed by atoms with Crippen molar-refractivity contribution in [1.29, 1.82) is 0 Å². The molecule has 1 heterocycles. The third-order valence-electron chi connectivity index (χ3n) is 4.01. The largest absolute Gasteiger partial charge is 0.488 e. The van der Waals surface area contributed by atoms with E-state index < -0.39 is 12.2 Å². The SMILES string of the molecule is O=C(NC[C@H]1CC[C@@H](Oc2cccc(F)c2)[C@@H]1O)c1ncc[nH]1. The van der Waals surface area contributed by atoms with Crippen molar-refractivity contribution < 1.29 is 19.0 Å². The number of amides is 1. The van der Waals surface area contributed by atoms with Crippen LogP contribution in [0.15, 0.2) is 36.7 Å². The minimum Gasteiger partial charge on any atom is -0.488 e. The number of aliphatic hydroxyl groups is 1. The van der Waals surface area contributed by atoms with Gasteiger partial charge in [0.25, 0.3) is 5.91 Å². The lowest BCUT2D eigenvalue weighted by Gasteiger charge is -2.21. The monoisotopic (exact) mass is 319 g/mol. The summed E-state index contributed by atoms with van der Waals surface area (Å²) in [5, 5.41) is 13.1. The predicted octanol–water partition coefficient (Wildman–Crippen LogP) is 1.50. The number of ether oxygens (including phenoxy) is 1. The topological polar surface area (TPSA) is 87.2 Å². The van der Waals surface area contributed by atoms with Crippen molar-refractivity contribution in [3.8, 4) is 5.75 Å². The first-order valence-electron chi connectivity index (χ1n) is 7.51. The molecule has 1 amide bonds. The van der Waals surface area contributed by atoms with E-state index in [1.54, 1.807) is 18.3 Å². The molecule has 3 rings (SSSR count). The summed E-state index contributed by atoms with van der Waals surface area (Å²) >= 11 is 0. The van der Waals surface area contributed by atoms with Gasteiger partial charge in [-0.1, -0.05) is 6.07 Å². The highest BCUT2D eigenvalue weighted by Gasteiger charge is 2.36. The van der Waals surface area contributed by atoms with Crippen LogP contribution in [0.5, 0.6) is 5.75 Å². The van der Waals surface area contributed by atoms with Crippen molar-refractivity contribution in [2.45, 2.75) is 25.0 Å². The van der Waals surface area contributed by atoms with Crippen molar-refractivity contribution >= 4 is 5.91 Å². The second-order valence-electron chi connectivity index (χ2n) is 5.59. The highest BCUT2D eigenvalue weighted by atomic mass is 19.1. The van der Waals surface area contributed by atoms with Crippen LogP contribution in [0.1, 0.15) is 23.5 Å². The van der Waals surface area contributed by atoms with Crippen LogP contribution in [0.3, 0.4) is 0 Å². The number of halogens is 1. The highest BCUT2D eigenvalue weighted by molar-refractivity contribution is 5.90. The summed E-state index contributed by atoms with van der Waals surface area (Å²) in [5.41, 5.74) is 0. The van der Waals surface area contributed by atoms with Gasteiger partial charge in [-0.25, -0.2) is 9.37 Å². The van der Waals surface area contributed by atoms with Gasteiger partial charge >= 0.3 is 0 Å². The Morgan fingerprint density at radius 1 is 1.48 bits per heavy atom. The normalized spacial score (nSPS) is 23.7. The second-order valence-corrected chi connectivity index (χ2v) is 5.59. The summed E-state index contributed by atoms with van der Waals surface area (Å²) in [5.74, 6) is -0.152. The van der Waals surface area contributed by atoms with Crippen molar-refractivity contribution in [3.63, 3.8) is 0 Å². The van der Waals surface area contributed by atoms with Crippen LogP contribution in [0.25, 0.3) is 0 Å². The first-order chi connectivity index (χ1) is 11.1. The molecule has 0 unspecified atom stereocenters. The van der Waals surface area contributed by atoms with Crippen molar-refractivity contribution in [1.82, 2.24) is 15.3 Å². The first-order valence-corrected chi connectivity index (χ1v) is 7.51. The van der Waals surface area contributed by atoms with Gasteiger partial charge in [-0.3, -0.25) is 4.79 Å². The number of carbonyl (C=O) groups is 1. The molecule has 2 aromatic rings. The molecular formula is C16H18FN3O3. The first kappa shape index (κ1) is 15.5. The van der Waals surface area contributed by atoms with Gasteiger partial charge in [-0.2, -0.15) is 0 Å². The molecule has 0 aliphatic heterocycles. The number of rotatable bonds is 5. The molecule has 122 valence electrons. The molecule has 3 N–H and O–H groups in total. The van der Waals surface area contributed by atoms with E-state index in [1.165, 1.54) is 18.3 Å². The van der Waals surface area contributed by atoms with Crippen molar-refractivity contribution in [2.24, 2.45) is 5.92 Å². The highest BCUT2D eigenvalue weighted by Crippen LogP contribution is 2.29. The fourth-order valence-corrected chi connectivity index (χ4v) is 2.79. The van der Waals surface area contributed by atoms with E-state index in [1.807, 2.05) is 0 Å². The summed E-state index contributed by atoms with van der Waals surface area (Å²) < 4.78 is 18.8. The molecule has 1 aliphatic carbocycles. The zero-order valence-electron chi connectivity index (χ0n) is 12.4. The van der Waals surface area contributed by atoms with Gasteiger partial charge in [0.2, 0.25) is 0 Å². The van der Waals surface area contributed by atoms with Gasteiger partial charge in [-0.15, -0.1) is 0 Å². The predicted molar refractivity (Wildman–Crippen MR) is 80.5 cm³/mol. The number of H-pyrrole nitrogens is 1. The lowest BCUT2D eigenvalue weighted by molar-refractivity contribution is 0.0346. The summed E-state index contributed by atoms with van der Waals surface area (Å²) in [6.07, 6.45) is 3.33. The lowest BCUT2D eigenvalue weighted by Crippen LogP contribution is -2.37. The molecule has 6 nitrogen and oxygen atoms in total. The van der Waals surface area contributed by atoms with Crippen LogP contribution in [0, 0.1) is 11.7 Å². The van der Waals surface area contributed by atoms with Gasteiger partial charge < -0.3 is 20.1 Å². The Balaban J connectivity index is 1.52. The molecule has 0 radical (unpaired) electrons. The number of nitrogens with zero attached hydrogens (tertiary/aromatic N) is 1. The van der Waals surface area contributed by atoms with E-state index in [0.717, 1.165) is 6.42 Å². The molecule has 0 bridgehead atoms. The Bertz CT molecular complexity index is 662. The van der Waals surface area contributed by atoms with E-state index in [2.05, 4.69) is 15.3 Å². The molecule has 1 aromatic heterocycles. The molecule has 23 heavy (non-hydrogen) atoms. The Hall–Kier alpha value is -2.41. The number of carbonyl (C=O) groups excluding carboxylic acids is 1. The third-order valence-corrected chi connectivity index (χ3v) is 4.01. The molecule has 1 aromatic carbocycles. The molecule has 0 saturated heterocycles. The van der Waals surface area contributed by atoms with E-state index in [4.69, 9.17) is 4.74 Å². The maximum Gasteiger partial charge on any atom is 0.287 e. The van der Waals surface area contributed by atoms with Crippen LogP contribution < -0.4 is 10.1 Å². The quantitative estimate of drug-likeness (QED) is 0.779. The minimum absolute atomic E-state index is 0.104. The number of imidazole rings is 1. The maximum atomic E-state index is 13.2. The van der Waals surface area contributed by atoms with Gasteiger partial charge in [0, 0.05) is 30.9 Å². The van der Waals surface area contributed by atoms with E-state index >= 15 is 0 Å². The maximum absolute atomic E-state index is 13.2. The molecule has 1 fully saturated rings. The summed E-state index contributed by atoms with van der Waals surface area (Å²) in [7, 11) is 0. The average Bonchev–Trinajstić information content (AvgIpc) is 3.17. The van der Waals surface area contributed by atoms with E-state index in [0.29, 0.717) is 18.7 Å². The van der Waals surface area contributed by atoms with Crippen LogP contribution in [-0.2, 0) is 0 Å². The Morgan fingerprint density at radius 3 is 3.09 bits per heavy atom. The van der Waals surface area contributed by atoms with E-state index in [9.17, 15) is 14.3 Å². The van der Waals surface area contributed by atoms with Gasteiger partial charge in [-0.05, 0) is 25.0 Å². The lowest BCUT2D eigenvalue weighted by atomic mass is 10.1. The number of hydrogen-bond acceptors (Lipinski definition) is 4. The fourth-order valence-electron chi connectivity index (χ4n) is 2.79. The van der Waals surface area contributed by atoms with Crippen molar-refractivity contribution in [3.05, 3.63) is 48.3 Å². The third kappa shape index (κ3) is 3.68. The van der Waals surface area contributed by atoms with Crippen LogP contribution in [0.4, 0.5) is 4.39 Å². The Morgan fingerprint density at radius 2 is 2.35 bits per heavy atom. The zero-order chi connectivity index (χ0) is 16.2. The minimum atomic E-state index is -0.713. The molecule has 1 aliphatic rings. The molecule has 1 saturated carbocycles. The Labute approximate surface area is 132 Å². The molecule has 3 atom stereocenters. The van der Waals surface area contributed by atoms with E-state index in [-0.39, 0.29) is 23.5 Å². The fraction of sp³-hybridized carbons (Fsp3) is 0.375. The molecule has 7 heteroatoms. The number of aromatic amines is 1. The molecular weight excluding hydrogens is 301 g/mol. The number of hydrogen-bond donors (Lipinski definition) is 3. The smallest absolute Gasteiger partial charge is 0.287 e. The van der Waals surface area contributed by atoms with Gasteiger partial charge in [0.05, 0.1) is 6.10 Å². The standard InChI is InChI=1S/C16H18FN3O3/c17-11-2-1-3-12(8-11)23-13-5-4-10(14(13)21)9-20-16(22)15-18-6-7-19-15/h1-3,6-8,10,13-14,21H,4-5,9H2,(H,18,19)(H,20,22)/t10-,13-,14-/m1/s1. The number of aliphatic hydroxyl groups excluding tert-OH is 1. The summed E-state index contributed by atoms with van der Waals surface area (Å²) in [6.45, 7) is 0.337. The number of benzene rings is 1. The van der Waals surface area contributed by atoms with Gasteiger partial charge in [0.15, 0.2) is 5.82 Å². The second kappa shape index (κ2) is 6.78. The Kier molecular flexibility index (Phi) is 4.57. The van der Waals surface area contributed by atoms with Crippen LogP contribution in [0.2, 0.25) is 0 Å². The summed E-state index contributed by atoms with van der Waals surface area (Å²) in [4.78, 5) is 18.4. The van der Waals surface area contributed by atoms with Crippen LogP contribution >= 0.6 is 0 Å². The summed E-state index contributed by atoms with van der Waals surface area (Å²) in [6, 6.07) is 5.85. The van der Waals surface area contributed by atoms with Crippen LogP contribution in [-0.4, -0.2) is 39.7 Å². The number of aromatic nitrogens is 2. The zero-order valence-corrected chi connectivity index (χ0v) is 12.4. The average molecular weight is 319 g/mol. The van der Waals surface area contributed by atoms with Gasteiger partial charge in [0.1, 0.15) is 17.7 Å². The molecule has 0 spiro atoms. The number of nitrogens with one attached hydrogen (secondary N) is 2.